The topological polar surface area (TPSA) is 0 Å². The molecule has 148 valence electrons. The zero-order valence-corrected chi connectivity index (χ0v) is 19.2. The monoisotopic (exact) mass is 384 g/mol. The molecule has 27 heavy (non-hydrogen) atoms. The molecular weight excluding hydrogens is 348 g/mol. The molecule has 0 radical (unpaired) electrons. The van der Waals surface area contributed by atoms with E-state index < -0.39 is 0 Å². The molecule has 0 saturated heterocycles. The Balaban J connectivity index is 2.32. The van der Waals surface area contributed by atoms with E-state index in [4.69, 9.17) is 11.6 Å². The molecule has 1 unspecified atom stereocenters. The highest BCUT2D eigenvalue weighted by Gasteiger charge is 2.19. The van der Waals surface area contributed by atoms with Crippen LogP contribution < -0.4 is 0 Å². The first-order valence-corrected chi connectivity index (χ1v) is 10.9. The van der Waals surface area contributed by atoms with Crippen LogP contribution in [-0.4, -0.2) is 0 Å². The molecule has 0 heterocycles. The summed E-state index contributed by atoms with van der Waals surface area (Å²) < 4.78 is 0. The van der Waals surface area contributed by atoms with Crippen LogP contribution in [0.15, 0.2) is 30.3 Å². The first kappa shape index (κ1) is 22.0. The highest BCUT2D eigenvalue weighted by Crippen LogP contribution is 2.36. The average Bonchev–Trinajstić information content (AvgIpc) is 2.57. The van der Waals surface area contributed by atoms with Gasteiger partial charge in [0.15, 0.2) is 0 Å². The molecule has 0 nitrogen and oxygen atoms in total. The maximum atomic E-state index is 6.38. The third-order valence-corrected chi connectivity index (χ3v) is 5.98. The van der Waals surface area contributed by atoms with Crippen molar-refractivity contribution >= 4 is 11.6 Å². The molecule has 0 saturated carbocycles. The van der Waals surface area contributed by atoms with Gasteiger partial charge in [0.05, 0.1) is 0 Å². The van der Waals surface area contributed by atoms with Crippen molar-refractivity contribution in [1.82, 2.24) is 0 Å². The Bertz CT molecular complexity index is 768. The molecule has 0 amide bonds. The Labute approximate surface area is 172 Å². The van der Waals surface area contributed by atoms with Crippen LogP contribution in [0.1, 0.15) is 112 Å². The largest absolute Gasteiger partial charge is 0.0843 e. The number of benzene rings is 2. The predicted molar refractivity (Wildman–Crippen MR) is 122 cm³/mol. The fourth-order valence-corrected chi connectivity index (χ4v) is 4.88. The lowest BCUT2D eigenvalue weighted by Crippen LogP contribution is -2.08. The minimum Gasteiger partial charge on any atom is -0.0843 e. The number of hydrogen-bond acceptors (Lipinski definition) is 0. The third-order valence-electron chi connectivity index (χ3n) is 5.77. The summed E-state index contributed by atoms with van der Waals surface area (Å²) >= 11 is 6.38. The number of halogens is 1. The molecule has 1 atom stereocenters. The van der Waals surface area contributed by atoms with Crippen molar-refractivity contribution in [1.29, 1.82) is 0 Å². The Kier molecular flexibility index (Phi) is 7.57. The quantitative estimate of drug-likeness (QED) is 0.447. The van der Waals surface area contributed by atoms with Crippen LogP contribution in [0.25, 0.3) is 0 Å². The van der Waals surface area contributed by atoms with Crippen molar-refractivity contribution in [3.05, 3.63) is 68.7 Å². The molecule has 0 aromatic heterocycles. The van der Waals surface area contributed by atoms with Crippen LogP contribution >= 0.6 is 11.6 Å². The molecule has 2 rings (SSSR count). The van der Waals surface area contributed by atoms with E-state index in [-0.39, 0.29) is 0 Å². The van der Waals surface area contributed by atoms with Gasteiger partial charge in [-0.2, -0.15) is 0 Å². The zero-order valence-electron chi connectivity index (χ0n) is 18.5. The lowest BCUT2D eigenvalue weighted by Gasteiger charge is -2.24. The minimum atomic E-state index is 0.531. The van der Waals surface area contributed by atoms with Gasteiger partial charge < -0.3 is 0 Å². The molecule has 0 spiro atoms. The summed E-state index contributed by atoms with van der Waals surface area (Å²) in [5.41, 5.74) is 8.83. The SMILES string of the molecule is Cc1cc(Cl)cc(CCC(C)c2cccc(C(C)C)c2C(C)C)c1C(C)C. The van der Waals surface area contributed by atoms with Crippen molar-refractivity contribution in [3.63, 3.8) is 0 Å². The van der Waals surface area contributed by atoms with Crippen LogP contribution in [0.3, 0.4) is 0 Å². The van der Waals surface area contributed by atoms with E-state index in [0.717, 1.165) is 17.9 Å². The number of aryl methyl sites for hydroxylation is 2. The van der Waals surface area contributed by atoms with E-state index in [1.807, 2.05) is 0 Å². The summed E-state index contributed by atoms with van der Waals surface area (Å²) in [4.78, 5) is 0. The van der Waals surface area contributed by atoms with E-state index in [0.29, 0.717) is 23.7 Å². The van der Waals surface area contributed by atoms with E-state index in [1.54, 1.807) is 5.56 Å². The Hall–Kier alpha value is -1.27. The van der Waals surface area contributed by atoms with Crippen LogP contribution in [0.4, 0.5) is 0 Å². The highest BCUT2D eigenvalue weighted by atomic mass is 35.5. The van der Waals surface area contributed by atoms with Gasteiger partial charge in [-0.25, -0.2) is 0 Å². The van der Waals surface area contributed by atoms with Gasteiger partial charge in [-0.15, -0.1) is 0 Å². The van der Waals surface area contributed by atoms with E-state index in [9.17, 15) is 0 Å². The maximum absolute atomic E-state index is 6.38. The molecule has 0 fully saturated rings. The number of rotatable bonds is 7. The lowest BCUT2D eigenvalue weighted by atomic mass is 9.80. The summed E-state index contributed by atoms with van der Waals surface area (Å²) in [6.45, 7) is 18.4. The predicted octanol–water partition coefficient (Wildman–Crippen LogP) is 8.75. The van der Waals surface area contributed by atoms with Gasteiger partial charge in [0.1, 0.15) is 0 Å². The second-order valence-corrected chi connectivity index (χ2v) is 9.49. The standard InChI is InChI=1S/C26H37Cl/c1-16(2)23-10-9-11-24(26(23)18(5)6)19(7)12-13-21-15-22(27)14-20(8)25(21)17(3)4/h9-11,14-19H,12-13H2,1-8H3. The molecule has 0 aliphatic carbocycles. The van der Waals surface area contributed by atoms with E-state index >= 15 is 0 Å². The molecule has 0 aliphatic heterocycles. The summed E-state index contributed by atoms with van der Waals surface area (Å²) in [6, 6.07) is 11.2. The molecule has 2 aromatic carbocycles. The van der Waals surface area contributed by atoms with Crippen molar-refractivity contribution < 1.29 is 0 Å². The molecule has 2 aromatic rings. The second-order valence-electron chi connectivity index (χ2n) is 9.05. The molecule has 0 bridgehead atoms. The van der Waals surface area contributed by atoms with Gasteiger partial charge in [0.2, 0.25) is 0 Å². The lowest BCUT2D eigenvalue weighted by molar-refractivity contribution is 0.651. The van der Waals surface area contributed by atoms with Crippen LogP contribution in [0, 0.1) is 6.92 Å². The van der Waals surface area contributed by atoms with Crippen LogP contribution in [0.5, 0.6) is 0 Å². The molecule has 1 heteroatoms. The molecule has 0 N–H and O–H groups in total. The first-order valence-electron chi connectivity index (χ1n) is 10.5. The van der Waals surface area contributed by atoms with Crippen molar-refractivity contribution in [3.8, 4) is 0 Å². The third kappa shape index (κ3) is 5.17. The fraction of sp³-hybridized carbons (Fsp3) is 0.538. The highest BCUT2D eigenvalue weighted by molar-refractivity contribution is 6.30. The van der Waals surface area contributed by atoms with Crippen molar-refractivity contribution in [2.75, 3.05) is 0 Å². The minimum absolute atomic E-state index is 0.531. The van der Waals surface area contributed by atoms with Crippen molar-refractivity contribution in [2.24, 2.45) is 0 Å². The maximum Gasteiger partial charge on any atom is 0.0411 e. The molecular formula is C26H37Cl. The van der Waals surface area contributed by atoms with Crippen LogP contribution in [-0.2, 0) is 6.42 Å². The molecule has 0 aliphatic rings. The van der Waals surface area contributed by atoms with Gasteiger partial charge in [-0.3, -0.25) is 0 Å². The fourth-order valence-electron chi connectivity index (χ4n) is 4.59. The second kappa shape index (κ2) is 9.28. The Morgan fingerprint density at radius 2 is 1.37 bits per heavy atom. The normalized spacial score (nSPS) is 13.0. The van der Waals surface area contributed by atoms with E-state index in [2.05, 4.69) is 85.7 Å². The summed E-state index contributed by atoms with van der Waals surface area (Å²) in [7, 11) is 0. The van der Waals surface area contributed by atoms with Crippen LogP contribution in [0.2, 0.25) is 5.02 Å². The smallest absolute Gasteiger partial charge is 0.0411 e. The summed E-state index contributed by atoms with van der Waals surface area (Å²) in [6.07, 6.45) is 2.24. The summed E-state index contributed by atoms with van der Waals surface area (Å²) in [5, 5.41) is 0.865. The van der Waals surface area contributed by atoms with E-state index in [1.165, 1.54) is 27.8 Å². The Morgan fingerprint density at radius 3 is 1.93 bits per heavy atom. The average molecular weight is 385 g/mol. The van der Waals surface area contributed by atoms with Gasteiger partial charge in [0, 0.05) is 5.02 Å². The zero-order chi connectivity index (χ0) is 20.3. The number of hydrogen-bond donors (Lipinski definition) is 0. The van der Waals surface area contributed by atoms with Gasteiger partial charge >= 0.3 is 0 Å². The van der Waals surface area contributed by atoms with Gasteiger partial charge in [0.25, 0.3) is 0 Å². The first-order chi connectivity index (χ1) is 12.6. The Morgan fingerprint density at radius 1 is 0.778 bits per heavy atom. The van der Waals surface area contributed by atoms with Gasteiger partial charge in [-0.05, 0) is 89.0 Å². The van der Waals surface area contributed by atoms with Crippen molar-refractivity contribution in [2.45, 2.75) is 91.9 Å². The summed E-state index contributed by atoms with van der Waals surface area (Å²) in [5.74, 6) is 2.20. The van der Waals surface area contributed by atoms with Gasteiger partial charge in [-0.1, -0.05) is 78.3 Å².